The molecule has 2 atom stereocenters. The third kappa shape index (κ3) is 1.46. The van der Waals surface area contributed by atoms with Crippen LogP contribution in [0.3, 0.4) is 0 Å². The van der Waals surface area contributed by atoms with Crippen LogP contribution in [-0.2, 0) is 6.42 Å². The van der Waals surface area contributed by atoms with E-state index in [1.165, 1.54) is 55.6 Å². The SMILES string of the molecule is c1cc2c(c(N3CC4CCC3C4)c1)NCCC2. The molecule has 2 fully saturated rings. The summed E-state index contributed by atoms with van der Waals surface area (Å²) in [6, 6.07) is 7.68. The molecule has 1 aliphatic carbocycles. The highest BCUT2D eigenvalue weighted by Gasteiger charge is 2.38. The monoisotopic (exact) mass is 228 g/mol. The van der Waals surface area contributed by atoms with Gasteiger partial charge in [-0.05, 0) is 49.7 Å². The maximum absolute atomic E-state index is 3.63. The van der Waals surface area contributed by atoms with Crippen LogP contribution in [0.1, 0.15) is 31.2 Å². The number of hydrogen-bond donors (Lipinski definition) is 1. The lowest BCUT2D eigenvalue weighted by molar-refractivity contribution is 0.553. The van der Waals surface area contributed by atoms with Crippen LogP contribution in [0, 0.1) is 5.92 Å². The zero-order chi connectivity index (χ0) is 11.2. The number of nitrogens with zero attached hydrogens (tertiary/aromatic N) is 1. The van der Waals surface area contributed by atoms with Crippen molar-refractivity contribution in [3.05, 3.63) is 23.8 Å². The summed E-state index contributed by atoms with van der Waals surface area (Å²) in [4.78, 5) is 2.67. The predicted molar refractivity (Wildman–Crippen MR) is 71.7 cm³/mol. The maximum atomic E-state index is 3.63. The summed E-state index contributed by atoms with van der Waals surface area (Å²) >= 11 is 0. The van der Waals surface area contributed by atoms with Crippen molar-refractivity contribution in [3.8, 4) is 0 Å². The molecular formula is C15H20N2. The molecule has 90 valence electrons. The van der Waals surface area contributed by atoms with Gasteiger partial charge in [0, 0.05) is 19.1 Å². The van der Waals surface area contributed by atoms with Crippen molar-refractivity contribution in [2.24, 2.45) is 5.92 Å². The molecule has 0 aromatic heterocycles. The van der Waals surface area contributed by atoms with Crippen LogP contribution in [0.15, 0.2) is 18.2 Å². The third-order valence-corrected chi connectivity index (χ3v) is 4.77. The summed E-state index contributed by atoms with van der Waals surface area (Å²) in [7, 11) is 0. The number of hydrogen-bond acceptors (Lipinski definition) is 2. The minimum atomic E-state index is 0.829. The molecule has 3 aliphatic rings. The van der Waals surface area contributed by atoms with Gasteiger partial charge in [-0.1, -0.05) is 12.1 Å². The molecule has 0 amide bonds. The molecule has 0 spiro atoms. The summed E-state index contributed by atoms with van der Waals surface area (Å²) < 4.78 is 0. The Morgan fingerprint density at radius 1 is 1.24 bits per heavy atom. The van der Waals surface area contributed by atoms with Crippen LogP contribution in [0.25, 0.3) is 0 Å². The van der Waals surface area contributed by atoms with Gasteiger partial charge in [-0.25, -0.2) is 0 Å². The van der Waals surface area contributed by atoms with E-state index in [0.29, 0.717) is 0 Å². The summed E-state index contributed by atoms with van der Waals surface area (Å²) in [6.07, 6.45) is 6.84. The average molecular weight is 228 g/mol. The number of piperidine rings is 1. The lowest BCUT2D eigenvalue weighted by atomic mass is 10.0. The summed E-state index contributed by atoms with van der Waals surface area (Å²) in [6.45, 7) is 2.44. The topological polar surface area (TPSA) is 15.3 Å². The van der Waals surface area contributed by atoms with Crippen molar-refractivity contribution in [1.29, 1.82) is 0 Å². The second-order valence-electron chi connectivity index (χ2n) is 5.83. The first-order valence-corrected chi connectivity index (χ1v) is 7.04. The van der Waals surface area contributed by atoms with Gasteiger partial charge in [0.15, 0.2) is 0 Å². The van der Waals surface area contributed by atoms with Gasteiger partial charge < -0.3 is 10.2 Å². The molecule has 1 saturated carbocycles. The Morgan fingerprint density at radius 2 is 2.24 bits per heavy atom. The minimum Gasteiger partial charge on any atom is -0.383 e. The number of rotatable bonds is 1. The fourth-order valence-corrected chi connectivity index (χ4v) is 3.95. The first-order chi connectivity index (χ1) is 8.42. The van der Waals surface area contributed by atoms with Crippen LogP contribution in [0.2, 0.25) is 0 Å². The molecule has 2 heterocycles. The van der Waals surface area contributed by atoms with E-state index >= 15 is 0 Å². The highest BCUT2D eigenvalue weighted by atomic mass is 15.2. The predicted octanol–water partition coefficient (Wildman–Crippen LogP) is 3.03. The normalized spacial score (nSPS) is 30.2. The van der Waals surface area contributed by atoms with E-state index in [1.54, 1.807) is 0 Å². The molecule has 0 radical (unpaired) electrons. The highest BCUT2D eigenvalue weighted by molar-refractivity contribution is 5.75. The molecular weight excluding hydrogens is 208 g/mol. The lowest BCUT2D eigenvalue weighted by Gasteiger charge is -2.33. The van der Waals surface area contributed by atoms with Crippen LogP contribution < -0.4 is 10.2 Å². The van der Waals surface area contributed by atoms with Gasteiger partial charge in [0.05, 0.1) is 11.4 Å². The van der Waals surface area contributed by atoms with Gasteiger partial charge in [-0.2, -0.15) is 0 Å². The molecule has 1 aromatic rings. The Balaban J connectivity index is 1.73. The molecule has 2 heteroatoms. The quantitative estimate of drug-likeness (QED) is 0.795. The number of anilines is 2. The van der Waals surface area contributed by atoms with Gasteiger partial charge in [0.1, 0.15) is 0 Å². The number of fused-ring (bicyclic) bond motifs is 3. The largest absolute Gasteiger partial charge is 0.383 e. The molecule has 2 unspecified atom stereocenters. The number of para-hydroxylation sites is 1. The van der Waals surface area contributed by atoms with Crippen molar-refractivity contribution >= 4 is 11.4 Å². The molecule has 2 bridgehead atoms. The Morgan fingerprint density at radius 3 is 3.06 bits per heavy atom. The fourth-order valence-electron chi connectivity index (χ4n) is 3.95. The highest BCUT2D eigenvalue weighted by Crippen LogP contribution is 2.43. The molecule has 4 rings (SSSR count). The minimum absolute atomic E-state index is 0.829. The zero-order valence-electron chi connectivity index (χ0n) is 10.3. The van der Waals surface area contributed by atoms with Crippen molar-refractivity contribution in [3.63, 3.8) is 0 Å². The standard InChI is InChI=1S/C15H20N2/c1-3-12-4-2-8-16-15(12)14(5-1)17-10-11-6-7-13(17)9-11/h1,3,5,11,13,16H,2,4,6-10H2. The van der Waals surface area contributed by atoms with E-state index in [0.717, 1.165) is 18.5 Å². The van der Waals surface area contributed by atoms with E-state index in [2.05, 4.69) is 28.4 Å². The summed E-state index contributed by atoms with van der Waals surface area (Å²) in [5.74, 6) is 0.972. The Hall–Kier alpha value is -1.18. The van der Waals surface area contributed by atoms with E-state index in [-0.39, 0.29) is 0 Å². The smallest absolute Gasteiger partial charge is 0.0610 e. The summed E-state index contributed by atoms with van der Waals surface area (Å²) in [5, 5.41) is 3.63. The molecule has 1 aromatic carbocycles. The number of nitrogens with one attached hydrogen (secondary N) is 1. The van der Waals surface area contributed by atoms with E-state index in [4.69, 9.17) is 0 Å². The van der Waals surface area contributed by atoms with Gasteiger partial charge >= 0.3 is 0 Å². The second kappa shape index (κ2) is 3.66. The van der Waals surface area contributed by atoms with Gasteiger partial charge in [0.2, 0.25) is 0 Å². The van der Waals surface area contributed by atoms with Gasteiger partial charge in [-0.3, -0.25) is 0 Å². The fraction of sp³-hybridized carbons (Fsp3) is 0.600. The molecule has 2 nitrogen and oxygen atoms in total. The lowest BCUT2D eigenvalue weighted by Crippen LogP contribution is -2.33. The van der Waals surface area contributed by atoms with Crippen molar-refractivity contribution < 1.29 is 0 Å². The Kier molecular flexibility index (Phi) is 2.11. The maximum Gasteiger partial charge on any atom is 0.0610 e. The van der Waals surface area contributed by atoms with Gasteiger partial charge in [0.25, 0.3) is 0 Å². The van der Waals surface area contributed by atoms with E-state index in [1.807, 2.05) is 0 Å². The number of benzene rings is 1. The number of aryl methyl sites for hydroxylation is 1. The van der Waals surface area contributed by atoms with E-state index in [9.17, 15) is 0 Å². The van der Waals surface area contributed by atoms with E-state index < -0.39 is 0 Å². The van der Waals surface area contributed by atoms with Crippen LogP contribution >= 0.6 is 0 Å². The van der Waals surface area contributed by atoms with Crippen LogP contribution in [0.5, 0.6) is 0 Å². The molecule has 17 heavy (non-hydrogen) atoms. The summed E-state index contributed by atoms with van der Waals surface area (Å²) in [5.41, 5.74) is 4.44. The van der Waals surface area contributed by atoms with Crippen LogP contribution in [0.4, 0.5) is 11.4 Å². The molecule has 1 saturated heterocycles. The molecule has 1 N–H and O–H groups in total. The Labute approximate surface area is 103 Å². The van der Waals surface area contributed by atoms with Gasteiger partial charge in [-0.15, -0.1) is 0 Å². The first kappa shape index (κ1) is 9.81. The third-order valence-electron chi connectivity index (χ3n) is 4.77. The van der Waals surface area contributed by atoms with Crippen molar-refractivity contribution in [2.75, 3.05) is 23.3 Å². The van der Waals surface area contributed by atoms with Crippen molar-refractivity contribution in [1.82, 2.24) is 0 Å². The Bertz CT molecular complexity index is 441. The van der Waals surface area contributed by atoms with Crippen molar-refractivity contribution in [2.45, 2.75) is 38.1 Å². The van der Waals surface area contributed by atoms with Crippen LogP contribution in [-0.4, -0.2) is 19.1 Å². The first-order valence-electron chi connectivity index (χ1n) is 7.04. The molecule has 2 aliphatic heterocycles. The average Bonchev–Trinajstić information content (AvgIpc) is 3.00. The zero-order valence-corrected chi connectivity index (χ0v) is 10.3. The second-order valence-corrected chi connectivity index (χ2v) is 5.83.